The molecule has 0 rings (SSSR count). The molecule has 0 bridgehead atoms. The molecule has 0 fully saturated rings. The van der Waals surface area contributed by atoms with Crippen molar-refractivity contribution in [2.45, 2.75) is 30.7 Å². The summed E-state index contributed by atoms with van der Waals surface area (Å²) in [6, 6.07) is 0. The first-order valence-electron chi connectivity index (χ1n) is 3.91. The number of hydrazine groups is 1. The van der Waals surface area contributed by atoms with Gasteiger partial charge in [0, 0.05) is 0 Å². The van der Waals surface area contributed by atoms with E-state index in [-0.39, 0.29) is 0 Å². The molecule has 0 aliphatic heterocycles. The molecule has 0 spiro atoms. The van der Waals surface area contributed by atoms with Crippen LogP contribution in [-0.2, 0) is 0 Å². The monoisotopic (exact) mass is 334 g/mol. The second-order valence-electron chi connectivity index (χ2n) is 3.09. The van der Waals surface area contributed by atoms with E-state index in [1.54, 1.807) is 0 Å². The van der Waals surface area contributed by atoms with Crippen LogP contribution in [0.25, 0.3) is 0 Å². The normalized spacial score (nSPS) is 15.9. The Kier molecular flexibility index (Phi) is 4.57. The minimum Gasteiger partial charge on any atom is -0.360 e. The summed E-state index contributed by atoms with van der Waals surface area (Å²) in [5.41, 5.74) is -7.47. The number of nitrogens with one attached hydrogen (secondary N) is 1. The Hall–Kier alpha value is -0.960. The lowest BCUT2D eigenvalue weighted by molar-refractivity contribution is -0.451. The van der Waals surface area contributed by atoms with Gasteiger partial charge >= 0.3 is 30.7 Å². The molecule has 3 nitrogen and oxygen atoms in total. The third-order valence-corrected chi connectivity index (χ3v) is 1.60. The van der Waals surface area contributed by atoms with Crippen LogP contribution >= 0.6 is 0 Å². The summed E-state index contributed by atoms with van der Waals surface area (Å²) in [4.78, 5) is 0. The maximum Gasteiger partial charge on any atom is 0.480 e. The standard InChI is InChI=1S/C5H2F12N2O/c6-2(7,8)1(20,3(9,10)11)18-19(4(12,13)14)5(15,16)17/h18,20H. The lowest BCUT2D eigenvalue weighted by Crippen LogP contribution is -2.74. The van der Waals surface area contributed by atoms with Gasteiger partial charge < -0.3 is 5.11 Å². The van der Waals surface area contributed by atoms with E-state index in [4.69, 9.17) is 5.11 Å². The molecule has 0 radical (unpaired) electrons. The van der Waals surface area contributed by atoms with E-state index in [0.29, 0.717) is 0 Å². The van der Waals surface area contributed by atoms with Gasteiger partial charge in [0.25, 0.3) is 0 Å². The molecule has 0 saturated heterocycles. The first-order valence-corrected chi connectivity index (χ1v) is 3.91. The van der Waals surface area contributed by atoms with Crippen molar-refractivity contribution in [1.82, 2.24) is 10.4 Å². The number of aliphatic hydroxyl groups is 1. The SMILES string of the molecule is OC(NN(C(F)(F)F)C(F)(F)F)(C(F)(F)F)C(F)(F)F. The van der Waals surface area contributed by atoms with Crippen LogP contribution in [-0.4, -0.2) is 40.8 Å². The van der Waals surface area contributed by atoms with E-state index >= 15 is 0 Å². The fourth-order valence-electron chi connectivity index (χ4n) is 0.720. The van der Waals surface area contributed by atoms with Crippen molar-refractivity contribution in [3.8, 4) is 0 Å². The second-order valence-corrected chi connectivity index (χ2v) is 3.09. The number of hydrogen-bond donors (Lipinski definition) is 2. The van der Waals surface area contributed by atoms with E-state index in [2.05, 4.69) is 0 Å². The fourth-order valence-corrected chi connectivity index (χ4v) is 0.720. The van der Waals surface area contributed by atoms with Crippen LogP contribution < -0.4 is 5.43 Å². The third-order valence-electron chi connectivity index (χ3n) is 1.60. The Balaban J connectivity index is 5.80. The van der Waals surface area contributed by atoms with Crippen LogP contribution in [0.3, 0.4) is 0 Å². The first kappa shape index (κ1) is 19.0. The molecule has 0 atom stereocenters. The molecular formula is C5H2F12N2O. The van der Waals surface area contributed by atoms with Gasteiger partial charge in [-0.05, 0) is 0 Å². The summed E-state index contributed by atoms with van der Waals surface area (Å²) in [6.45, 7) is 0. The van der Waals surface area contributed by atoms with Crippen molar-refractivity contribution >= 4 is 0 Å². The minimum absolute atomic E-state index is 1.02. The van der Waals surface area contributed by atoms with E-state index < -0.39 is 41.1 Å². The van der Waals surface area contributed by atoms with Crippen LogP contribution in [0.4, 0.5) is 52.7 Å². The van der Waals surface area contributed by atoms with Gasteiger partial charge in [0.05, 0.1) is 0 Å². The molecule has 0 heterocycles. The van der Waals surface area contributed by atoms with Crippen LogP contribution in [0.1, 0.15) is 0 Å². The number of alkyl halides is 12. The number of rotatable bonds is 2. The molecule has 122 valence electrons. The van der Waals surface area contributed by atoms with Gasteiger partial charge in [0.1, 0.15) is 0 Å². The van der Waals surface area contributed by atoms with Gasteiger partial charge in [-0.2, -0.15) is 58.1 Å². The summed E-state index contributed by atoms with van der Waals surface area (Å²) in [5.74, 6) is 0. The van der Waals surface area contributed by atoms with Gasteiger partial charge in [-0.3, -0.25) is 0 Å². The zero-order valence-electron chi connectivity index (χ0n) is 8.43. The van der Waals surface area contributed by atoms with Crippen LogP contribution in [0.2, 0.25) is 0 Å². The van der Waals surface area contributed by atoms with E-state index in [1.165, 1.54) is 0 Å². The summed E-state index contributed by atoms with van der Waals surface area (Å²) in [7, 11) is 0. The molecule has 20 heavy (non-hydrogen) atoms. The van der Waals surface area contributed by atoms with Crippen molar-refractivity contribution in [1.29, 1.82) is 0 Å². The zero-order chi connectivity index (χ0) is 16.8. The summed E-state index contributed by atoms with van der Waals surface area (Å²) < 4.78 is 143. The summed E-state index contributed by atoms with van der Waals surface area (Å²) in [6.07, 6.45) is -27.3. The maximum atomic E-state index is 11.9. The molecule has 0 unspecified atom stereocenters. The average Bonchev–Trinajstić information content (AvgIpc) is 2.05. The molecule has 0 aliphatic rings. The minimum atomic E-state index is -6.92. The number of halogens is 12. The molecule has 15 heteroatoms. The molecule has 0 aromatic carbocycles. The Morgan fingerprint density at radius 3 is 1.00 bits per heavy atom. The molecule has 0 aliphatic carbocycles. The summed E-state index contributed by atoms with van der Waals surface area (Å²) in [5, 5.41) is 4.92. The Labute approximate surface area is 100 Å². The van der Waals surface area contributed by atoms with Gasteiger partial charge in [0.2, 0.25) is 0 Å². The molecule has 0 aromatic rings. The van der Waals surface area contributed by atoms with E-state index in [1.807, 2.05) is 0 Å². The predicted octanol–water partition coefficient (Wildman–Crippen LogP) is 2.65. The second kappa shape index (κ2) is 4.80. The molecule has 0 saturated carbocycles. The molecule has 0 aromatic heterocycles. The lowest BCUT2D eigenvalue weighted by atomic mass is 10.2. The average molecular weight is 334 g/mol. The Morgan fingerprint density at radius 1 is 0.600 bits per heavy atom. The topological polar surface area (TPSA) is 35.5 Å². The van der Waals surface area contributed by atoms with Crippen molar-refractivity contribution < 1.29 is 57.8 Å². The van der Waals surface area contributed by atoms with Gasteiger partial charge in [-0.1, -0.05) is 5.01 Å². The van der Waals surface area contributed by atoms with Gasteiger partial charge in [0.15, 0.2) is 0 Å². The van der Waals surface area contributed by atoms with Crippen molar-refractivity contribution in [2.24, 2.45) is 0 Å². The van der Waals surface area contributed by atoms with Gasteiger partial charge in [-0.15, -0.1) is 0 Å². The molecule has 0 amide bonds. The highest BCUT2D eigenvalue weighted by atomic mass is 19.4. The third kappa shape index (κ3) is 3.78. The Bertz CT molecular complexity index is 308. The van der Waals surface area contributed by atoms with Crippen molar-refractivity contribution in [2.75, 3.05) is 0 Å². The zero-order valence-corrected chi connectivity index (χ0v) is 8.43. The molecule has 2 N–H and O–H groups in total. The maximum absolute atomic E-state index is 11.9. The smallest absolute Gasteiger partial charge is 0.360 e. The fraction of sp³-hybridized carbons (Fsp3) is 1.00. The highest BCUT2D eigenvalue weighted by Crippen LogP contribution is 2.43. The molecular weight excluding hydrogens is 332 g/mol. The highest BCUT2D eigenvalue weighted by Gasteiger charge is 2.74. The largest absolute Gasteiger partial charge is 0.480 e. The van der Waals surface area contributed by atoms with Crippen molar-refractivity contribution in [3.05, 3.63) is 0 Å². The quantitative estimate of drug-likeness (QED) is 0.353. The lowest BCUT2D eigenvalue weighted by Gasteiger charge is -2.38. The number of hydrogen-bond acceptors (Lipinski definition) is 3. The van der Waals surface area contributed by atoms with Crippen LogP contribution in [0, 0.1) is 0 Å². The number of nitrogens with zero attached hydrogens (tertiary/aromatic N) is 1. The van der Waals surface area contributed by atoms with Crippen molar-refractivity contribution in [3.63, 3.8) is 0 Å². The summed E-state index contributed by atoms with van der Waals surface area (Å²) >= 11 is 0. The van der Waals surface area contributed by atoms with Crippen LogP contribution in [0.5, 0.6) is 0 Å². The van der Waals surface area contributed by atoms with E-state index in [9.17, 15) is 52.7 Å². The predicted molar refractivity (Wildman–Crippen MR) is 34.1 cm³/mol. The van der Waals surface area contributed by atoms with Gasteiger partial charge in [-0.25, -0.2) is 0 Å². The Morgan fingerprint density at radius 2 is 0.850 bits per heavy atom. The first-order chi connectivity index (χ1) is 8.34. The van der Waals surface area contributed by atoms with E-state index in [0.717, 1.165) is 0 Å². The van der Waals surface area contributed by atoms with Crippen LogP contribution in [0.15, 0.2) is 0 Å². The highest BCUT2D eigenvalue weighted by molar-refractivity contribution is 4.91.